The minimum absolute atomic E-state index is 0.213. The Balaban J connectivity index is 1.66. The Morgan fingerprint density at radius 2 is 1.48 bits per heavy atom. The van der Waals surface area contributed by atoms with Crippen molar-refractivity contribution in [1.29, 1.82) is 0 Å². The number of hydrogen-bond acceptors (Lipinski definition) is 3. The third kappa shape index (κ3) is 2.69. The quantitative estimate of drug-likeness (QED) is 0.637. The monoisotopic (exact) mass is 317 g/mol. The van der Waals surface area contributed by atoms with Crippen molar-refractivity contribution in [1.82, 2.24) is 4.90 Å². The maximum absolute atomic E-state index is 12.2. The predicted molar refractivity (Wildman–Crippen MR) is 84.0 cm³/mol. The van der Waals surface area contributed by atoms with E-state index in [-0.39, 0.29) is 11.8 Å². The van der Waals surface area contributed by atoms with E-state index in [0.717, 1.165) is 4.90 Å². The zero-order valence-corrected chi connectivity index (χ0v) is 12.7. The van der Waals surface area contributed by atoms with E-state index in [0.29, 0.717) is 28.4 Å². The number of nitrogens with zero attached hydrogens (tertiary/aromatic N) is 1. The Hall–Kier alpha value is -1.78. The lowest BCUT2D eigenvalue weighted by atomic mass is 10.1. The summed E-state index contributed by atoms with van der Waals surface area (Å²) >= 11 is 7.62. The first kappa shape index (κ1) is 14.2. The topological polar surface area (TPSA) is 37.4 Å². The molecular weight excluding hydrogens is 306 g/mol. The number of carbonyl (C=O) groups excluding carboxylic acids is 2. The SMILES string of the molecule is O=C1c2ccccc2C(=O)N1CCSc1ccccc1Cl. The number of rotatable bonds is 4. The zero-order chi connectivity index (χ0) is 14.8. The Morgan fingerprint density at radius 3 is 2.10 bits per heavy atom. The van der Waals surface area contributed by atoms with E-state index in [4.69, 9.17) is 11.6 Å². The highest BCUT2D eigenvalue weighted by Gasteiger charge is 2.34. The van der Waals surface area contributed by atoms with Crippen LogP contribution >= 0.6 is 23.4 Å². The minimum Gasteiger partial charge on any atom is -0.273 e. The smallest absolute Gasteiger partial charge is 0.261 e. The maximum Gasteiger partial charge on any atom is 0.261 e. The van der Waals surface area contributed by atoms with E-state index in [2.05, 4.69) is 0 Å². The number of carbonyl (C=O) groups is 2. The summed E-state index contributed by atoms with van der Waals surface area (Å²) in [6.45, 7) is 0.377. The normalized spacial score (nSPS) is 13.7. The Morgan fingerprint density at radius 1 is 0.905 bits per heavy atom. The van der Waals surface area contributed by atoms with E-state index in [1.165, 1.54) is 16.7 Å². The molecule has 0 saturated heterocycles. The van der Waals surface area contributed by atoms with Crippen molar-refractivity contribution >= 4 is 35.2 Å². The lowest BCUT2D eigenvalue weighted by Crippen LogP contribution is -2.31. The van der Waals surface area contributed by atoms with Crippen LogP contribution in [0.5, 0.6) is 0 Å². The molecule has 0 unspecified atom stereocenters. The zero-order valence-electron chi connectivity index (χ0n) is 11.1. The van der Waals surface area contributed by atoms with Crippen molar-refractivity contribution in [2.75, 3.05) is 12.3 Å². The highest BCUT2D eigenvalue weighted by Crippen LogP contribution is 2.28. The van der Waals surface area contributed by atoms with Crippen molar-refractivity contribution in [2.24, 2.45) is 0 Å². The van der Waals surface area contributed by atoms with Crippen molar-refractivity contribution in [2.45, 2.75) is 4.90 Å². The molecule has 1 heterocycles. The second-order valence-corrected chi connectivity index (χ2v) is 6.13. The number of imide groups is 1. The average molecular weight is 318 g/mol. The number of benzene rings is 2. The van der Waals surface area contributed by atoms with E-state index in [1.807, 2.05) is 24.3 Å². The van der Waals surface area contributed by atoms with Gasteiger partial charge in [-0.3, -0.25) is 14.5 Å². The van der Waals surface area contributed by atoms with Crippen molar-refractivity contribution < 1.29 is 9.59 Å². The molecule has 3 nitrogen and oxygen atoms in total. The molecule has 106 valence electrons. The predicted octanol–water partition coefficient (Wildman–Crippen LogP) is 3.73. The molecule has 3 rings (SSSR count). The van der Waals surface area contributed by atoms with Crippen LogP contribution in [-0.4, -0.2) is 29.0 Å². The van der Waals surface area contributed by atoms with E-state index < -0.39 is 0 Å². The maximum atomic E-state index is 12.2. The number of halogens is 1. The third-order valence-corrected chi connectivity index (χ3v) is 4.78. The van der Waals surface area contributed by atoms with E-state index in [9.17, 15) is 9.59 Å². The van der Waals surface area contributed by atoms with E-state index in [1.54, 1.807) is 24.3 Å². The first-order valence-electron chi connectivity index (χ1n) is 6.51. The van der Waals surface area contributed by atoms with Crippen LogP contribution in [0.15, 0.2) is 53.4 Å². The van der Waals surface area contributed by atoms with Crippen molar-refractivity contribution in [3.63, 3.8) is 0 Å². The fourth-order valence-corrected chi connectivity index (χ4v) is 3.42. The second kappa shape index (κ2) is 5.92. The van der Waals surface area contributed by atoms with Gasteiger partial charge in [0.05, 0.1) is 16.1 Å². The number of fused-ring (bicyclic) bond motifs is 1. The van der Waals surface area contributed by atoms with Gasteiger partial charge in [-0.15, -0.1) is 11.8 Å². The lowest BCUT2D eigenvalue weighted by molar-refractivity contribution is 0.0664. The summed E-state index contributed by atoms with van der Waals surface area (Å²) in [6, 6.07) is 14.5. The molecule has 2 aromatic rings. The number of thioether (sulfide) groups is 1. The fourth-order valence-electron chi connectivity index (χ4n) is 2.25. The summed E-state index contributed by atoms with van der Waals surface area (Å²) in [4.78, 5) is 26.6. The van der Waals surface area contributed by atoms with Gasteiger partial charge in [-0.1, -0.05) is 35.9 Å². The summed E-state index contributed by atoms with van der Waals surface area (Å²) in [5.74, 6) is 0.195. The lowest BCUT2D eigenvalue weighted by Gasteiger charge is -2.13. The van der Waals surface area contributed by atoms with Gasteiger partial charge in [0.15, 0.2) is 0 Å². The van der Waals surface area contributed by atoms with Crippen LogP contribution in [-0.2, 0) is 0 Å². The Labute approximate surface area is 131 Å². The van der Waals surface area contributed by atoms with Crippen LogP contribution < -0.4 is 0 Å². The molecule has 0 fully saturated rings. The van der Waals surface area contributed by atoms with Gasteiger partial charge in [-0.05, 0) is 24.3 Å². The summed E-state index contributed by atoms with van der Waals surface area (Å²) in [5, 5.41) is 0.685. The minimum atomic E-state index is -0.213. The molecule has 0 bridgehead atoms. The molecule has 0 saturated carbocycles. The molecule has 2 aromatic carbocycles. The van der Waals surface area contributed by atoms with Crippen LogP contribution in [0.25, 0.3) is 0 Å². The van der Waals surface area contributed by atoms with Crippen LogP contribution in [0.4, 0.5) is 0 Å². The molecule has 0 N–H and O–H groups in total. The molecule has 0 aliphatic carbocycles. The van der Waals surface area contributed by atoms with Gasteiger partial charge < -0.3 is 0 Å². The molecule has 1 aliphatic heterocycles. The highest BCUT2D eigenvalue weighted by molar-refractivity contribution is 7.99. The van der Waals surface area contributed by atoms with Crippen LogP contribution in [0, 0.1) is 0 Å². The van der Waals surface area contributed by atoms with Crippen LogP contribution in [0.2, 0.25) is 5.02 Å². The molecule has 21 heavy (non-hydrogen) atoms. The fraction of sp³-hybridized carbons (Fsp3) is 0.125. The first-order valence-corrected chi connectivity index (χ1v) is 7.87. The molecule has 0 aromatic heterocycles. The molecule has 2 amide bonds. The number of hydrogen-bond donors (Lipinski definition) is 0. The largest absolute Gasteiger partial charge is 0.273 e. The van der Waals surface area contributed by atoms with Gasteiger partial charge in [0, 0.05) is 17.2 Å². The molecule has 5 heteroatoms. The summed E-state index contributed by atoms with van der Waals surface area (Å²) in [5.41, 5.74) is 0.982. The van der Waals surface area contributed by atoms with Gasteiger partial charge in [-0.25, -0.2) is 0 Å². The highest BCUT2D eigenvalue weighted by atomic mass is 35.5. The second-order valence-electron chi connectivity index (χ2n) is 4.59. The summed E-state index contributed by atoms with van der Waals surface area (Å²) in [6.07, 6.45) is 0. The first-order chi connectivity index (χ1) is 10.2. The standard InChI is InChI=1S/C16H12ClNO2S/c17-13-7-3-4-8-14(13)21-10-9-18-15(19)11-5-1-2-6-12(11)16(18)20/h1-8H,9-10H2. The molecular formula is C16H12ClNO2S. The Bertz CT molecular complexity index is 682. The average Bonchev–Trinajstić information content (AvgIpc) is 2.74. The van der Waals surface area contributed by atoms with E-state index >= 15 is 0 Å². The van der Waals surface area contributed by atoms with Gasteiger partial charge in [0.1, 0.15) is 0 Å². The third-order valence-electron chi connectivity index (χ3n) is 3.29. The van der Waals surface area contributed by atoms with Crippen LogP contribution in [0.1, 0.15) is 20.7 Å². The van der Waals surface area contributed by atoms with Gasteiger partial charge in [-0.2, -0.15) is 0 Å². The number of amides is 2. The summed E-state index contributed by atoms with van der Waals surface area (Å²) in [7, 11) is 0. The Kier molecular flexibility index (Phi) is 3.99. The van der Waals surface area contributed by atoms with Gasteiger partial charge >= 0.3 is 0 Å². The molecule has 0 spiro atoms. The molecule has 0 radical (unpaired) electrons. The summed E-state index contributed by atoms with van der Waals surface area (Å²) < 4.78 is 0. The molecule has 1 aliphatic rings. The molecule has 0 atom stereocenters. The van der Waals surface area contributed by atoms with Gasteiger partial charge in [0.2, 0.25) is 0 Å². The van der Waals surface area contributed by atoms with Gasteiger partial charge in [0.25, 0.3) is 11.8 Å². The van der Waals surface area contributed by atoms with Crippen molar-refractivity contribution in [3.05, 3.63) is 64.7 Å². The van der Waals surface area contributed by atoms with Crippen LogP contribution in [0.3, 0.4) is 0 Å². The van der Waals surface area contributed by atoms with Crippen molar-refractivity contribution in [3.8, 4) is 0 Å².